The van der Waals surface area contributed by atoms with Crippen LogP contribution < -0.4 is 10.0 Å². The van der Waals surface area contributed by atoms with E-state index in [9.17, 15) is 13.2 Å². The molecule has 2 rings (SSSR count). The fourth-order valence-electron chi connectivity index (χ4n) is 1.88. The van der Waals surface area contributed by atoms with Gasteiger partial charge in [-0.2, -0.15) is 5.26 Å². The lowest BCUT2D eigenvalue weighted by Crippen LogP contribution is -2.24. The summed E-state index contributed by atoms with van der Waals surface area (Å²) in [5, 5.41) is 11.2. The van der Waals surface area contributed by atoms with E-state index in [-0.39, 0.29) is 23.8 Å². The van der Waals surface area contributed by atoms with Crippen molar-refractivity contribution in [2.24, 2.45) is 0 Å². The molecule has 124 valence electrons. The number of hydrogen-bond donors (Lipinski definition) is 2. The van der Waals surface area contributed by atoms with Crippen molar-refractivity contribution >= 4 is 37.5 Å². The molecule has 0 radical (unpaired) electrons. The molecule has 0 heterocycles. The van der Waals surface area contributed by atoms with Gasteiger partial charge in [-0.3, -0.25) is 4.79 Å². The first kappa shape index (κ1) is 18.1. The Morgan fingerprint density at radius 3 is 2.50 bits per heavy atom. The molecule has 0 aliphatic carbocycles. The summed E-state index contributed by atoms with van der Waals surface area (Å²) in [6.45, 7) is 0.0456. The van der Waals surface area contributed by atoms with Crippen LogP contribution >= 0.6 is 15.9 Å². The van der Waals surface area contributed by atoms with Gasteiger partial charge in [-0.15, -0.1) is 0 Å². The average Bonchev–Trinajstić information content (AvgIpc) is 2.55. The number of carbonyl (C=O) groups excluding carboxylic acids is 1. The van der Waals surface area contributed by atoms with E-state index in [0.29, 0.717) is 11.3 Å². The minimum atomic E-state index is -3.68. The molecule has 6 nitrogen and oxygen atoms in total. The number of sulfonamides is 1. The van der Waals surface area contributed by atoms with Gasteiger partial charge in [0.1, 0.15) is 0 Å². The number of nitriles is 1. The Morgan fingerprint density at radius 2 is 1.88 bits per heavy atom. The molecule has 2 N–H and O–H groups in total. The number of amides is 1. The van der Waals surface area contributed by atoms with Crippen molar-refractivity contribution in [3.63, 3.8) is 0 Å². The van der Waals surface area contributed by atoms with Crippen LogP contribution in [0.5, 0.6) is 0 Å². The highest BCUT2D eigenvalue weighted by Crippen LogP contribution is 2.17. The Bertz CT molecular complexity index is 874. The van der Waals surface area contributed by atoms with E-state index in [2.05, 4.69) is 26.0 Å². The quantitative estimate of drug-likeness (QED) is 0.718. The molecule has 0 atom stereocenters. The van der Waals surface area contributed by atoms with Crippen molar-refractivity contribution in [3.8, 4) is 6.07 Å². The molecule has 2 aromatic rings. The number of hydrogen-bond acceptors (Lipinski definition) is 4. The van der Waals surface area contributed by atoms with Crippen LogP contribution in [0, 0.1) is 11.3 Å². The number of halogens is 1. The topological polar surface area (TPSA) is 99.1 Å². The van der Waals surface area contributed by atoms with Gasteiger partial charge in [0.2, 0.25) is 10.0 Å². The second kappa shape index (κ2) is 8.06. The van der Waals surface area contributed by atoms with Crippen molar-refractivity contribution < 1.29 is 13.2 Å². The minimum Gasteiger partial charge on any atom is -0.322 e. The zero-order valence-corrected chi connectivity index (χ0v) is 14.9. The van der Waals surface area contributed by atoms with E-state index >= 15 is 0 Å². The van der Waals surface area contributed by atoms with Crippen LogP contribution in [0.4, 0.5) is 5.69 Å². The predicted molar refractivity (Wildman–Crippen MR) is 94.0 cm³/mol. The van der Waals surface area contributed by atoms with Gasteiger partial charge in [0.25, 0.3) is 5.91 Å². The Morgan fingerprint density at radius 1 is 1.17 bits per heavy atom. The molecule has 0 unspecified atom stereocenters. The molecular formula is C16H14BrN3O3S. The van der Waals surface area contributed by atoms with E-state index in [1.807, 2.05) is 12.1 Å². The summed E-state index contributed by atoms with van der Waals surface area (Å²) in [5.41, 5.74) is 0.968. The number of anilines is 1. The van der Waals surface area contributed by atoms with Gasteiger partial charge >= 0.3 is 0 Å². The van der Waals surface area contributed by atoms with E-state index in [1.54, 1.807) is 18.2 Å². The molecule has 0 aliphatic rings. The molecule has 0 aromatic heterocycles. The summed E-state index contributed by atoms with van der Waals surface area (Å²) < 4.78 is 27.1. The van der Waals surface area contributed by atoms with Crippen LogP contribution in [0.3, 0.4) is 0 Å². The number of nitrogens with one attached hydrogen (secondary N) is 2. The molecule has 0 spiro atoms. The zero-order valence-electron chi connectivity index (χ0n) is 12.5. The highest BCUT2D eigenvalue weighted by Gasteiger charge is 2.14. The molecule has 24 heavy (non-hydrogen) atoms. The fraction of sp³-hybridized carbons (Fsp3) is 0.125. The molecule has 0 aliphatic heterocycles. The Kier molecular flexibility index (Phi) is 6.09. The Hall–Kier alpha value is -2.21. The van der Waals surface area contributed by atoms with Crippen LogP contribution in [-0.2, 0) is 10.0 Å². The van der Waals surface area contributed by atoms with Crippen molar-refractivity contribution in [2.75, 3.05) is 11.9 Å². The molecule has 1 amide bonds. The fourth-order valence-corrected chi connectivity index (χ4v) is 3.31. The van der Waals surface area contributed by atoms with Gasteiger partial charge in [-0.05, 0) is 42.5 Å². The maximum atomic E-state index is 12.2. The van der Waals surface area contributed by atoms with Gasteiger partial charge in [-0.1, -0.05) is 22.0 Å². The first-order chi connectivity index (χ1) is 11.4. The van der Waals surface area contributed by atoms with Crippen molar-refractivity contribution in [1.29, 1.82) is 5.26 Å². The molecule has 0 bridgehead atoms. The van der Waals surface area contributed by atoms with Gasteiger partial charge in [0.05, 0.1) is 11.0 Å². The van der Waals surface area contributed by atoms with Gasteiger partial charge in [0.15, 0.2) is 0 Å². The van der Waals surface area contributed by atoms with Crippen LogP contribution in [0.15, 0.2) is 57.9 Å². The van der Waals surface area contributed by atoms with Crippen LogP contribution in [0.2, 0.25) is 0 Å². The van der Waals surface area contributed by atoms with Crippen molar-refractivity contribution in [1.82, 2.24) is 4.72 Å². The monoisotopic (exact) mass is 407 g/mol. The molecule has 8 heteroatoms. The lowest BCUT2D eigenvalue weighted by Gasteiger charge is -2.08. The number of nitrogens with zero attached hydrogens (tertiary/aromatic N) is 1. The summed E-state index contributed by atoms with van der Waals surface area (Å²) in [7, 11) is -3.68. The van der Waals surface area contributed by atoms with E-state index < -0.39 is 10.0 Å². The first-order valence-electron chi connectivity index (χ1n) is 6.96. The Labute approximate surface area is 148 Å². The zero-order chi connectivity index (χ0) is 17.6. The van der Waals surface area contributed by atoms with E-state index in [4.69, 9.17) is 5.26 Å². The summed E-state index contributed by atoms with van der Waals surface area (Å²) in [6.07, 6.45) is 0.0896. The second-order valence-corrected chi connectivity index (χ2v) is 7.48. The SMILES string of the molecule is N#CCCNS(=O)(=O)c1ccc(C(=O)Nc2cccc(Br)c2)cc1. The number of carbonyl (C=O) groups is 1. The van der Waals surface area contributed by atoms with E-state index in [0.717, 1.165) is 4.47 Å². The maximum absolute atomic E-state index is 12.2. The largest absolute Gasteiger partial charge is 0.322 e. The molecule has 0 saturated carbocycles. The first-order valence-corrected chi connectivity index (χ1v) is 9.23. The van der Waals surface area contributed by atoms with Crippen LogP contribution in [-0.4, -0.2) is 20.9 Å². The van der Waals surface area contributed by atoms with Gasteiger partial charge in [-0.25, -0.2) is 13.1 Å². The average molecular weight is 408 g/mol. The molecule has 0 saturated heterocycles. The smallest absolute Gasteiger partial charge is 0.255 e. The standard InChI is InChI=1S/C16H14BrN3O3S/c17-13-3-1-4-14(11-13)20-16(21)12-5-7-15(8-6-12)24(22,23)19-10-2-9-18/h1,3-8,11,19H,2,10H2,(H,20,21). The van der Waals surface area contributed by atoms with Gasteiger partial charge in [0, 0.05) is 28.7 Å². The van der Waals surface area contributed by atoms with Crippen molar-refractivity contribution in [2.45, 2.75) is 11.3 Å². The second-order valence-electron chi connectivity index (χ2n) is 4.79. The lowest BCUT2D eigenvalue weighted by atomic mass is 10.2. The predicted octanol–water partition coefficient (Wildman–Crippen LogP) is 2.89. The summed E-state index contributed by atoms with van der Waals surface area (Å²) in [6, 6.07) is 14.6. The summed E-state index contributed by atoms with van der Waals surface area (Å²) in [5.74, 6) is -0.338. The molecular weight excluding hydrogens is 394 g/mol. The highest BCUT2D eigenvalue weighted by atomic mass is 79.9. The number of rotatable bonds is 6. The van der Waals surface area contributed by atoms with Gasteiger partial charge < -0.3 is 5.32 Å². The molecule has 2 aromatic carbocycles. The normalized spacial score (nSPS) is 10.8. The maximum Gasteiger partial charge on any atom is 0.255 e. The number of benzene rings is 2. The highest BCUT2D eigenvalue weighted by molar-refractivity contribution is 9.10. The van der Waals surface area contributed by atoms with Crippen LogP contribution in [0.25, 0.3) is 0 Å². The third kappa shape index (κ3) is 4.89. The third-order valence-electron chi connectivity index (χ3n) is 3.04. The van der Waals surface area contributed by atoms with Crippen molar-refractivity contribution in [3.05, 3.63) is 58.6 Å². The van der Waals surface area contributed by atoms with Crippen LogP contribution in [0.1, 0.15) is 16.8 Å². The molecule has 0 fully saturated rings. The minimum absolute atomic E-state index is 0.0412. The summed E-state index contributed by atoms with van der Waals surface area (Å²) >= 11 is 3.32. The Balaban J connectivity index is 2.08. The lowest BCUT2D eigenvalue weighted by molar-refractivity contribution is 0.102. The third-order valence-corrected chi connectivity index (χ3v) is 5.01. The van der Waals surface area contributed by atoms with E-state index in [1.165, 1.54) is 24.3 Å². The summed E-state index contributed by atoms with van der Waals surface area (Å²) in [4.78, 5) is 12.2.